The number of quaternary nitrogens is 1. The van der Waals surface area contributed by atoms with Crippen LogP contribution in [0, 0.1) is 0 Å². The van der Waals surface area contributed by atoms with Crippen molar-refractivity contribution in [3.8, 4) is 0 Å². The van der Waals surface area contributed by atoms with Gasteiger partial charge in [0.2, 0.25) is 5.91 Å². The molecular weight excluding hydrogens is 988 g/mol. The van der Waals surface area contributed by atoms with E-state index >= 15 is 0 Å². The number of carbonyl (C=O) groups is 2. The molecule has 0 aromatic heterocycles. The molecule has 10 heteroatoms. The summed E-state index contributed by atoms with van der Waals surface area (Å²) < 4.78 is 30.3. The van der Waals surface area contributed by atoms with Crippen LogP contribution in [0.5, 0.6) is 0 Å². The van der Waals surface area contributed by atoms with Crippen LogP contribution in [0.2, 0.25) is 0 Å². The molecule has 0 aliphatic rings. The first-order chi connectivity index (χ1) is 37.9. The van der Waals surface area contributed by atoms with Gasteiger partial charge >= 0.3 is 5.97 Å². The molecule has 0 saturated heterocycles. The number of amides is 1. The predicted molar refractivity (Wildman–Crippen MR) is 335 cm³/mol. The fourth-order valence-corrected chi connectivity index (χ4v) is 10.3. The minimum atomic E-state index is -4.70. The summed E-state index contributed by atoms with van der Waals surface area (Å²) in [7, 11) is 1.19. The number of hydrogen-bond acceptors (Lipinski definition) is 7. The molecule has 456 valence electrons. The van der Waals surface area contributed by atoms with Gasteiger partial charge in [-0.2, -0.15) is 0 Å². The molecule has 0 aliphatic carbocycles. The van der Waals surface area contributed by atoms with Crippen LogP contribution < -0.4 is 10.2 Å². The quantitative estimate of drug-likeness (QED) is 0.0212. The minimum Gasteiger partial charge on any atom is -0.756 e. The normalized spacial score (nSPS) is 14.0. The molecule has 0 aromatic rings. The van der Waals surface area contributed by atoms with Crippen LogP contribution >= 0.6 is 7.82 Å². The van der Waals surface area contributed by atoms with Crippen LogP contribution in [0.15, 0.2) is 60.8 Å². The fourth-order valence-electron chi connectivity index (χ4n) is 9.57. The van der Waals surface area contributed by atoms with Crippen LogP contribution in [0.4, 0.5) is 0 Å². The van der Waals surface area contributed by atoms with Gasteiger partial charge in [-0.05, 0) is 76.7 Å². The van der Waals surface area contributed by atoms with Crippen LogP contribution in [0.1, 0.15) is 310 Å². The molecule has 1 N–H and O–H groups in total. The van der Waals surface area contributed by atoms with Crippen molar-refractivity contribution in [1.29, 1.82) is 0 Å². The number of hydrogen-bond donors (Lipinski definition) is 1. The van der Waals surface area contributed by atoms with Crippen LogP contribution in [0.25, 0.3) is 0 Å². The van der Waals surface area contributed by atoms with Crippen molar-refractivity contribution in [1.82, 2.24) is 5.32 Å². The molecule has 3 atom stereocenters. The third kappa shape index (κ3) is 58.4. The lowest BCUT2D eigenvalue weighted by Crippen LogP contribution is -2.47. The van der Waals surface area contributed by atoms with E-state index < -0.39 is 20.0 Å². The van der Waals surface area contributed by atoms with E-state index in [1.807, 2.05) is 33.3 Å². The Kier molecular flexibility index (Phi) is 56.2. The van der Waals surface area contributed by atoms with Crippen molar-refractivity contribution in [2.45, 2.75) is 322 Å². The molecule has 1 amide bonds. The summed E-state index contributed by atoms with van der Waals surface area (Å²) in [5, 5.41) is 3.03. The van der Waals surface area contributed by atoms with Gasteiger partial charge < -0.3 is 28.5 Å². The highest BCUT2D eigenvalue weighted by Crippen LogP contribution is 2.38. The van der Waals surface area contributed by atoms with E-state index in [9.17, 15) is 19.0 Å². The standard InChI is InChI=1S/C68H127N2O7P/c1-7-10-13-16-19-22-25-28-29-30-31-32-33-34-35-36-37-38-39-40-41-43-46-49-52-55-58-61-68(72)77-66(59-56-53-50-47-44-27-24-21-18-15-12-9-3)65(64-76-78(73,74)75-63-62-70(4,5)6)69-67(71)60-57-54-51-48-45-42-26-23-20-17-14-11-8-2/h19,22,28-29,31-32,34-35,56,59,65-66H,7-18,20-21,23-27,30,33,36-55,57-58,60-64H2,1-6H3,(H-,69,71,73,74)/b22-19-,29-28-,32-31-,35-34-,59-56-. The number of phosphoric acid groups is 1. The summed E-state index contributed by atoms with van der Waals surface area (Å²) in [6.07, 6.45) is 73.3. The minimum absolute atomic E-state index is 0.0220. The number of unbranched alkanes of at least 4 members (excludes halogenated alkanes) is 36. The van der Waals surface area contributed by atoms with Crippen LogP contribution in [-0.2, 0) is 27.9 Å². The summed E-state index contributed by atoms with van der Waals surface area (Å²) >= 11 is 0. The van der Waals surface area contributed by atoms with E-state index in [0.29, 0.717) is 17.4 Å². The Labute approximate surface area is 483 Å². The smallest absolute Gasteiger partial charge is 0.306 e. The Hall–Kier alpha value is -2.29. The zero-order chi connectivity index (χ0) is 57.2. The van der Waals surface area contributed by atoms with Crippen molar-refractivity contribution < 1.29 is 37.3 Å². The second-order valence-corrected chi connectivity index (χ2v) is 25.0. The monoisotopic (exact) mass is 1110 g/mol. The van der Waals surface area contributed by atoms with Gasteiger partial charge in [-0.3, -0.25) is 14.2 Å². The number of esters is 1. The maximum absolute atomic E-state index is 13.5. The molecule has 3 unspecified atom stereocenters. The van der Waals surface area contributed by atoms with Gasteiger partial charge in [0.25, 0.3) is 7.82 Å². The molecule has 9 nitrogen and oxygen atoms in total. The highest BCUT2D eigenvalue weighted by Gasteiger charge is 2.27. The van der Waals surface area contributed by atoms with Gasteiger partial charge in [0.15, 0.2) is 0 Å². The largest absolute Gasteiger partial charge is 0.756 e. The molecule has 0 heterocycles. The summed E-state index contributed by atoms with van der Waals surface area (Å²) in [5.41, 5.74) is 0. The lowest BCUT2D eigenvalue weighted by atomic mass is 10.0. The number of allylic oxidation sites excluding steroid dienone is 9. The summed E-state index contributed by atoms with van der Waals surface area (Å²) in [5.74, 6) is -0.535. The van der Waals surface area contributed by atoms with Gasteiger partial charge in [0.1, 0.15) is 19.3 Å². The Morgan fingerprint density at radius 1 is 0.449 bits per heavy atom. The van der Waals surface area contributed by atoms with E-state index in [4.69, 9.17) is 13.8 Å². The van der Waals surface area contributed by atoms with Crippen LogP contribution in [0.3, 0.4) is 0 Å². The van der Waals surface area contributed by atoms with E-state index in [1.54, 1.807) is 0 Å². The van der Waals surface area contributed by atoms with E-state index in [0.717, 1.165) is 77.0 Å². The Morgan fingerprint density at radius 3 is 1.19 bits per heavy atom. The molecule has 0 bridgehead atoms. The van der Waals surface area contributed by atoms with Crippen molar-refractivity contribution in [3.05, 3.63) is 60.8 Å². The van der Waals surface area contributed by atoms with Gasteiger partial charge in [0, 0.05) is 12.8 Å². The molecule has 0 fully saturated rings. The highest BCUT2D eigenvalue weighted by molar-refractivity contribution is 7.45. The van der Waals surface area contributed by atoms with Crippen LogP contribution in [-0.4, -0.2) is 69.4 Å². The number of carbonyl (C=O) groups excluding carboxylic acids is 2. The zero-order valence-electron chi connectivity index (χ0n) is 52.1. The zero-order valence-corrected chi connectivity index (χ0v) is 53.0. The second-order valence-electron chi connectivity index (χ2n) is 23.6. The lowest BCUT2D eigenvalue weighted by molar-refractivity contribution is -0.870. The molecule has 0 radical (unpaired) electrons. The van der Waals surface area contributed by atoms with E-state index in [-0.39, 0.29) is 31.5 Å². The molecule has 78 heavy (non-hydrogen) atoms. The van der Waals surface area contributed by atoms with Gasteiger partial charge in [-0.15, -0.1) is 0 Å². The number of likely N-dealkylation sites (N-methyl/N-ethyl adjacent to an activating group) is 1. The van der Waals surface area contributed by atoms with Gasteiger partial charge in [-0.1, -0.05) is 281 Å². The summed E-state index contributed by atoms with van der Waals surface area (Å²) in [6.45, 7) is 6.83. The average Bonchev–Trinajstić information content (AvgIpc) is 3.40. The second kappa shape index (κ2) is 57.9. The van der Waals surface area contributed by atoms with Crippen molar-refractivity contribution in [2.75, 3.05) is 40.9 Å². The predicted octanol–water partition coefficient (Wildman–Crippen LogP) is 20.0. The van der Waals surface area contributed by atoms with Crippen molar-refractivity contribution in [3.63, 3.8) is 0 Å². The van der Waals surface area contributed by atoms with E-state index in [1.165, 1.54) is 199 Å². The Morgan fingerprint density at radius 2 is 0.782 bits per heavy atom. The first kappa shape index (κ1) is 75.7. The number of nitrogens with zero attached hydrogens (tertiary/aromatic N) is 1. The first-order valence-corrected chi connectivity index (χ1v) is 34.6. The number of phosphoric ester groups is 1. The highest BCUT2D eigenvalue weighted by atomic mass is 31.2. The van der Waals surface area contributed by atoms with Gasteiger partial charge in [0.05, 0.1) is 33.8 Å². The summed E-state index contributed by atoms with van der Waals surface area (Å²) in [6, 6.07) is -0.887. The number of rotatable bonds is 60. The maximum Gasteiger partial charge on any atom is 0.306 e. The molecule has 0 rings (SSSR count). The maximum atomic E-state index is 13.5. The Balaban J connectivity index is 5.04. The third-order valence-electron chi connectivity index (χ3n) is 14.7. The van der Waals surface area contributed by atoms with Gasteiger partial charge in [-0.25, -0.2) is 0 Å². The average molecular weight is 1120 g/mol. The Bertz CT molecular complexity index is 1520. The first-order valence-electron chi connectivity index (χ1n) is 33.1. The molecule has 0 spiro atoms. The van der Waals surface area contributed by atoms with Crippen molar-refractivity contribution >= 4 is 19.7 Å². The number of nitrogens with one attached hydrogen (secondary N) is 1. The lowest BCUT2D eigenvalue weighted by Gasteiger charge is -2.30. The van der Waals surface area contributed by atoms with Crippen molar-refractivity contribution in [2.24, 2.45) is 0 Å². The fraction of sp³-hybridized carbons (Fsp3) is 0.824. The molecular formula is C68H127N2O7P. The summed E-state index contributed by atoms with van der Waals surface area (Å²) in [4.78, 5) is 40.0. The van der Waals surface area contributed by atoms with E-state index in [2.05, 4.69) is 74.7 Å². The molecule has 0 aromatic carbocycles. The third-order valence-corrected chi connectivity index (χ3v) is 15.7. The number of ether oxygens (including phenoxy) is 1. The molecule has 0 aliphatic heterocycles. The topological polar surface area (TPSA) is 114 Å². The SMILES string of the molecule is CCCCC/C=C\C/C=C\C/C=C\C/C=C\CCCCCCCCCCCCCC(=O)OC(/C=C\CCCCCCCCCCCC)C(COP(=O)([O-])OCC[N+](C)(C)C)NC(=O)CCCCCCCCCCCCCCC. The molecule has 0 saturated carbocycles.